The number of aryl methyl sites for hydroxylation is 2. The second-order valence-electron chi connectivity index (χ2n) is 4.60. The van der Waals surface area contributed by atoms with E-state index in [4.69, 9.17) is 0 Å². The van der Waals surface area contributed by atoms with Gasteiger partial charge in [0.25, 0.3) is 5.91 Å². The number of aromatic hydroxyl groups is 1. The number of hydrogen-bond donors (Lipinski definition) is 3. The number of nitrogens with one attached hydrogen (secondary N) is 2. The summed E-state index contributed by atoms with van der Waals surface area (Å²) in [4.78, 5) is 12.2. The summed E-state index contributed by atoms with van der Waals surface area (Å²) in [5.74, 6) is 0.0221. The van der Waals surface area contributed by atoms with Crippen LogP contribution in [0.15, 0.2) is 24.3 Å². The minimum absolute atomic E-state index is 0.167. The van der Waals surface area contributed by atoms with E-state index in [-0.39, 0.29) is 17.7 Å². The first-order chi connectivity index (χ1) is 8.99. The third-order valence-electron chi connectivity index (χ3n) is 3.07. The third kappa shape index (κ3) is 2.76. The molecule has 0 saturated carbocycles. The van der Waals surface area contributed by atoms with Crippen LogP contribution < -0.4 is 5.32 Å². The van der Waals surface area contributed by atoms with Gasteiger partial charge in [-0.05, 0) is 38.5 Å². The molecule has 1 amide bonds. The number of amides is 1. The molecule has 100 valence electrons. The summed E-state index contributed by atoms with van der Waals surface area (Å²) in [5, 5.41) is 19.1. The molecule has 0 bridgehead atoms. The van der Waals surface area contributed by atoms with E-state index in [0.717, 1.165) is 11.3 Å². The lowest BCUT2D eigenvalue weighted by molar-refractivity contribution is 0.0938. The molecular weight excluding hydrogens is 242 g/mol. The van der Waals surface area contributed by atoms with E-state index in [0.29, 0.717) is 11.3 Å². The largest absolute Gasteiger partial charge is 0.508 e. The normalized spacial score (nSPS) is 12.2. The van der Waals surface area contributed by atoms with Gasteiger partial charge in [-0.2, -0.15) is 5.10 Å². The molecule has 0 spiro atoms. The lowest BCUT2D eigenvalue weighted by atomic mass is 10.1. The summed E-state index contributed by atoms with van der Waals surface area (Å²) in [7, 11) is 0. The molecule has 19 heavy (non-hydrogen) atoms. The number of hydrogen-bond acceptors (Lipinski definition) is 3. The topological polar surface area (TPSA) is 78.0 Å². The van der Waals surface area contributed by atoms with Crippen molar-refractivity contribution in [1.29, 1.82) is 0 Å². The van der Waals surface area contributed by atoms with Crippen molar-refractivity contribution in [3.05, 3.63) is 46.8 Å². The van der Waals surface area contributed by atoms with E-state index in [2.05, 4.69) is 15.5 Å². The van der Waals surface area contributed by atoms with Gasteiger partial charge in [-0.25, -0.2) is 0 Å². The Morgan fingerprint density at radius 1 is 1.42 bits per heavy atom. The molecule has 3 N–H and O–H groups in total. The van der Waals surface area contributed by atoms with Gasteiger partial charge < -0.3 is 10.4 Å². The predicted molar refractivity (Wildman–Crippen MR) is 72.0 cm³/mol. The van der Waals surface area contributed by atoms with Crippen molar-refractivity contribution >= 4 is 5.91 Å². The van der Waals surface area contributed by atoms with Crippen LogP contribution in [0.1, 0.15) is 40.3 Å². The first-order valence-electron chi connectivity index (χ1n) is 6.10. The molecule has 0 aliphatic carbocycles. The Kier molecular flexibility index (Phi) is 3.55. The van der Waals surface area contributed by atoms with Crippen LogP contribution >= 0.6 is 0 Å². The Labute approximate surface area is 111 Å². The van der Waals surface area contributed by atoms with E-state index in [1.54, 1.807) is 25.1 Å². The minimum Gasteiger partial charge on any atom is -0.508 e. The van der Waals surface area contributed by atoms with Gasteiger partial charge in [0.05, 0.1) is 17.3 Å². The smallest absolute Gasteiger partial charge is 0.255 e. The summed E-state index contributed by atoms with van der Waals surface area (Å²) in [5.41, 5.74) is 2.86. The van der Waals surface area contributed by atoms with Crippen LogP contribution in [0.4, 0.5) is 0 Å². The molecule has 5 heteroatoms. The Balaban J connectivity index is 2.15. The average molecular weight is 259 g/mol. The lowest BCUT2D eigenvalue weighted by Crippen LogP contribution is -2.27. The Morgan fingerprint density at radius 3 is 2.74 bits per heavy atom. The van der Waals surface area contributed by atoms with Crippen LogP contribution in [0.5, 0.6) is 5.75 Å². The zero-order valence-electron chi connectivity index (χ0n) is 11.2. The quantitative estimate of drug-likeness (QED) is 0.791. The maximum absolute atomic E-state index is 12.2. The van der Waals surface area contributed by atoms with Crippen LogP contribution in [0.2, 0.25) is 0 Å². The zero-order chi connectivity index (χ0) is 14.0. The molecule has 2 rings (SSSR count). The molecule has 0 aliphatic heterocycles. The first kappa shape index (κ1) is 13.1. The van der Waals surface area contributed by atoms with Crippen molar-refractivity contribution in [1.82, 2.24) is 15.5 Å². The molecular formula is C14H17N3O2. The number of carbonyl (C=O) groups excluding carboxylic acids is 1. The van der Waals surface area contributed by atoms with Gasteiger partial charge in [0.2, 0.25) is 0 Å². The first-order valence-corrected chi connectivity index (χ1v) is 6.10. The number of H-pyrrole nitrogens is 1. The van der Waals surface area contributed by atoms with Gasteiger partial charge in [-0.1, -0.05) is 12.1 Å². The maximum Gasteiger partial charge on any atom is 0.255 e. The van der Waals surface area contributed by atoms with Crippen LogP contribution in [0, 0.1) is 13.8 Å². The van der Waals surface area contributed by atoms with Crippen molar-refractivity contribution in [3.63, 3.8) is 0 Å². The van der Waals surface area contributed by atoms with Crippen LogP contribution in [-0.2, 0) is 0 Å². The molecule has 1 unspecified atom stereocenters. The predicted octanol–water partition coefficient (Wildman–Crippen LogP) is 2.22. The number of phenols is 1. The fraction of sp³-hybridized carbons (Fsp3) is 0.286. The van der Waals surface area contributed by atoms with Crippen LogP contribution in [0.3, 0.4) is 0 Å². The Bertz CT molecular complexity index is 585. The molecule has 1 heterocycles. The van der Waals surface area contributed by atoms with Gasteiger partial charge in [0.1, 0.15) is 5.75 Å². The summed E-state index contributed by atoms with van der Waals surface area (Å²) in [6.07, 6.45) is 0. The second-order valence-corrected chi connectivity index (χ2v) is 4.60. The number of benzene rings is 1. The van der Waals surface area contributed by atoms with Crippen LogP contribution in [0.25, 0.3) is 0 Å². The summed E-state index contributed by atoms with van der Waals surface area (Å²) >= 11 is 0. The van der Waals surface area contributed by atoms with E-state index < -0.39 is 0 Å². The fourth-order valence-corrected chi connectivity index (χ4v) is 2.03. The summed E-state index contributed by atoms with van der Waals surface area (Å²) in [6.45, 7) is 5.47. The average Bonchev–Trinajstić information content (AvgIpc) is 2.69. The van der Waals surface area contributed by atoms with E-state index in [1.807, 2.05) is 19.9 Å². The molecule has 0 aliphatic rings. The van der Waals surface area contributed by atoms with Crippen molar-refractivity contribution < 1.29 is 9.90 Å². The monoisotopic (exact) mass is 259 g/mol. The number of aromatic amines is 1. The van der Waals surface area contributed by atoms with Gasteiger partial charge in [0, 0.05) is 5.69 Å². The van der Waals surface area contributed by atoms with Crippen LogP contribution in [-0.4, -0.2) is 21.2 Å². The third-order valence-corrected chi connectivity index (χ3v) is 3.07. The number of rotatable bonds is 3. The van der Waals surface area contributed by atoms with E-state index in [1.165, 1.54) is 0 Å². The molecule has 2 aromatic rings. The summed E-state index contributed by atoms with van der Waals surface area (Å²) in [6, 6.07) is 6.66. The molecule has 5 nitrogen and oxygen atoms in total. The van der Waals surface area contributed by atoms with Gasteiger partial charge in [-0.3, -0.25) is 9.89 Å². The number of nitrogens with zero attached hydrogens (tertiary/aromatic N) is 1. The molecule has 0 saturated heterocycles. The van der Waals surface area contributed by atoms with E-state index >= 15 is 0 Å². The second kappa shape index (κ2) is 5.14. The number of aromatic nitrogens is 2. The number of carbonyl (C=O) groups is 1. The van der Waals surface area contributed by atoms with Crippen molar-refractivity contribution in [3.8, 4) is 5.75 Å². The molecule has 0 radical (unpaired) electrons. The standard InChI is InChI=1S/C14H17N3O2/c1-8(11-5-4-6-12(18)7-11)15-14(19)13-9(2)16-17-10(13)3/h4-8,18H,1-3H3,(H,15,19)(H,16,17). The highest BCUT2D eigenvalue weighted by atomic mass is 16.3. The highest BCUT2D eigenvalue weighted by Gasteiger charge is 2.17. The Hall–Kier alpha value is -2.30. The van der Waals surface area contributed by atoms with Gasteiger partial charge in [0.15, 0.2) is 0 Å². The van der Waals surface area contributed by atoms with Gasteiger partial charge >= 0.3 is 0 Å². The SMILES string of the molecule is Cc1n[nH]c(C)c1C(=O)NC(C)c1cccc(O)c1. The minimum atomic E-state index is -0.187. The Morgan fingerprint density at radius 2 is 2.16 bits per heavy atom. The van der Waals surface area contributed by atoms with E-state index in [9.17, 15) is 9.90 Å². The molecule has 1 atom stereocenters. The zero-order valence-corrected chi connectivity index (χ0v) is 11.2. The van der Waals surface area contributed by atoms with Crippen molar-refractivity contribution in [2.24, 2.45) is 0 Å². The molecule has 0 fully saturated rings. The molecule has 1 aromatic carbocycles. The highest BCUT2D eigenvalue weighted by Crippen LogP contribution is 2.19. The van der Waals surface area contributed by atoms with Gasteiger partial charge in [-0.15, -0.1) is 0 Å². The summed E-state index contributed by atoms with van der Waals surface area (Å²) < 4.78 is 0. The maximum atomic E-state index is 12.2. The number of phenolic OH excluding ortho intramolecular Hbond substituents is 1. The molecule has 1 aromatic heterocycles. The lowest BCUT2D eigenvalue weighted by Gasteiger charge is -2.14. The van der Waals surface area contributed by atoms with Crippen molar-refractivity contribution in [2.45, 2.75) is 26.8 Å². The fourth-order valence-electron chi connectivity index (χ4n) is 2.03. The van der Waals surface area contributed by atoms with Crippen molar-refractivity contribution in [2.75, 3.05) is 0 Å². The highest BCUT2D eigenvalue weighted by molar-refractivity contribution is 5.96.